The average molecular weight is 551 g/mol. The molecule has 0 unspecified atom stereocenters. The van der Waals surface area contributed by atoms with E-state index in [1.165, 1.54) is 14.2 Å². The van der Waals surface area contributed by atoms with Gasteiger partial charge in [-0.3, -0.25) is 0 Å². The van der Waals surface area contributed by atoms with Crippen LogP contribution in [0.2, 0.25) is 0 Å². The fraction of sp³-hybridized carbons (Fsp3) is 0.212. The summed E-state index contributed by atoms with van der Waals surface area (Å²) in [4.78, 5) is 0. The molecule has 0 bridgehead atoms. The van der Waals surface area contributed by atoms with Crippen LogP contribution in [0.15, 0.2) is 60.7 Å². The second-order valence-electron chi connectivity index (χ2n) is 9.57. The van der Waals surface area contributed by atoms with E-state index in [-0.39, 0.29) is 0 Å². The van der Waals surface area contributed by atoms with E-state index in [1.54, 1.807) is 36.4 Å². The van der Waals surface area contributed by atoms with Crippen LogP contribution in [0.4, 0.5) is 0 Å². The minimum Gasteiger partial charge on any atom is -0.498 e. The summed E-state index contributed by atoms with van der Waals surface area (Å²) in [7, 11) is 3.03. The smallest absolute Gasteiger partial charge is 0.344 e. The summed E-state index contributed by atoms with van der Waals surface area (Å²) in [6, 6.07) is 23.7. The number of hydrogen-bond donors (Lipinski definition) is 0. The number of nitrogens with zero attached hydrogens (tertiary/aromatic N) is 2. The molecular weight excluding hydrogens is 520 g/mol. The maximum absolute atomic E-state index is 10.9. The van der Waals surface area contributed by atoms with Crippen LogP contribution in [0.5, 0.6) is 34.5 Å². The van der Waals surface area contributed by atoms with Crippen molar-refractivity contribution in [2.24, 2.45) is 0 Å². The van der Waals surface area contributed by atoms with E-state index in [4.69, 9.17) is 18.9 Å². The second-order valence-corrected chi connectivity index (χ2v) is 9.57. The zero-order valence-corrected chi connectivity index (χ0v) is 23.8. The van der Waals surface area contributed by atoms with E-state index < -0.39 is 0 Å². The third-order valence-corrected chi connectivity index (χ3v) is 6.60. The predicted octanol–water partition coefficient (Wildman–Crippen LogP) is 8.47. The van der Waals surface area contributed by atoms with Gasteiger partial charge in [-0.25, -0.2) is 0 Å². The summed E-state index contributed by atoms with van der Waals surface area (Å²) >= 11 is 0. The lowest BCUT2D eigenvalue weighted by Crippen LogP contribution is -2.00. The number of hydrogen-bond acceptors (Lipinski definition) is 6. The highest BCUT2D eigenvalue weighted by molar-refractivity contribution is 5.58. The molecule has 8 nitrogen and oxygen atoms in total. The second kappa shape index (κ2) is 12.7. The fourth-order valence-electron chi connectivity index (χ4n) is 4.91. The van der Waals surface area contributed by atoms with Crippen molar-refractivity contribution in [3.8, 4) is 46.6 Å². The molecule has 4 aromatic rings. The SMILES string of the molecule is COc1cccc(Oc2c(C)cc(Cc3cc(C)c(Oc4cccc(OC)c4C#[N+][O-])c(C)c3)cc2C)c1C#[N+][O-]. The minimum atomic E-state index is 0.361. The molecule has 0 aliphatic rings. The predicted molar refractivity (Wildman–Crippen MR) is 160 cm³/mol. The average Bonchev–Trinajstić information content (AvgIpc) is 2.94. The Morgan fingerprint density at radius 2 is 0.927 bits per heavy atom. The number of methoxy groups -OCH3 is 2. The van der Waals surface area contributed by atoms with Crippen molar-refractivity contribution >= 4 is 0 Å². The van der Waals surface area contributed by atoms with E-state index in [0.717, 1.165) is 33.4 Å². The largest absolute Gasteiger partial charge is 0.498 e. The third kappa shape index (κ3) is 6.29. The van der Waals surface area contributed by atoms with Gasteiger partial charge < -0.3 is 29.4 Å². The first-order valence-electron chi connectivity index (χ1n) is 12.9. The van der Waals surface area contributed by atoms with Gasteiger partial charge >= 0.3 is 12.1 Å². The molecule has 4 rings (SSSR count). The molecule has 0 heterocycles. The Hall–Kier alpha value is -5.34. The molecule has 0 aromatic heterocycles. The Kier molecular flexibility index (Phi) is 8.86. The first-order valence-corrected chi connectivity index (χ1v) is 12.9. The van der Waals surface area contributed by atoms with E-state index in [0.29, 0.717) is 52.0 Å². The highest BCUT2D eigenvalue weighted by atomic mass is 16.5. The molecule has 208 valence electrons. The summed E-state index contributed by atoms with van der Waals surface area (Å²) in [6.45, 7) is 7.94. The van der Waals surface area contributed by atoms with Crippen LogP contribution in [0.25, 0.3) is 10.0 Å². The molecular formula is C33H30N2O6. The summed E-state index contributed by atoms with van der Waals surface area (Å²) in [5.41, 5.74) is 6.75. The van der Waals surface area contributed by atoms with Crippen molar-refractivity contribution in [3.05, 3.63) is 126 Å². The Labute approximate surface area is 239 Å². The monoisotopic (exact) mass is 550 g/mol. The van der Waals surface area contributed by atoms with Crippen molar-refractivity contribution in [1.82, 2.24) is 0 Å². The molecule has 0 aliphatic carbocycles. The molecule has 0 saturated carbocycles. The van der Waals surface area contributed by atoms with Gasteiger partial charge in [0.1, 0.15) is 23.0 Å². The van der Waals surface area contributed by atoms with Crippen LogP contribution >= 0.6 is 0 Å². The van der Waals surface area contributed by atoms with Gasteiger partial charge in [0.2, 0.25) is 0 Å². The lowest BCUT2D eigenvalue weighted by molar-refractivity contribution is 0.406. The van der Waals surface area contributed by atoms with E-state index in [2.05, 4.69) is 46.4 Å². The molecule has 0 spiro atoms. The van der Waals surface area contributed by atoms with Crippen LogP contribution in [-0.2, 0) is 6.42 Å². The highest BCUT2D eigenvalue weighted by Crippen LogP contribution is 2.37. The van der Waals surface area contributed by atoms with Gasteiger partial charge in [-0.2, -0.15) is 0 Å². The van der Waals surface area contributed by atoms with Crippen molar-refractivity contribution < 1.29 is 18.9 Å². The molecule has 4 aromatic carbocycles. The Balaban J connectivity index is 1.60. The number of aryl methyl sites for hydroxylation is 4. The van der Waals surface area contributed by atoms with Crippen LogP contribution in [-0.4, -0.2) is 14.2 Å². The maximum Gasteiger partial charge on any atom is 0.344 e. The topological polar surface area (TPSA) is 91.8 Å². The van der Waals surface area contributed by atoms with Gasteiger partial charge in [-0.1, -0.05) is 36.4 Å². The van der Waals surface area contributed by atoms with Crippen molar-refractivity contribution in [1.29, 1.82) is 0 Å². The highest BCUT2D eigenvalue weighted by Gasteiger charge is 2.18. The zero-order valence-electron chi connectivity index (χ0n) is 23.8. The van der Waals surface area contributed by atoms with Gasteiger partial charge in [0.05, 0.1) is 14.2 Å². The minimum absolute atomic E-state index is 0.361. The van der Waals surface area contributed by atoms with Crippen molar-refractivity contribution in [3.63, 3.8) is 0 Å². The van der Waals surface area contributed by atoms with E-state index in [1.807, 2.05) is 27.7 Å². The lowest BCUT2D eigenvalue weighted by atomic mass is 9.97. The van der Waals surface area contributed by atoms with Crippen LogP contribution in [0.1, 0.15) is 44.5 Å². The molecule has 0 aliphatic heterocycles. The first kappa shape index (κ1) is 28.7. The van der Waals surface area contributed by atoms with Gasteiger partial charge in [-0.05, 0) is 91.8 Å². The molecule has 0 amide bonds. The molecule has 0 radical (unpaired) electrons. The fourth-order valence-corrected chi connectivity index (χ4v) is 4.91. The normalized spacial score (nSPS) is 10.1. The van der Waals surface area contributed by atoms with E-state index >= 15 is 0 Å². The van der Waals surface area contributed by atoms with Gasteiger partial charge in [0.15, 0.2) is 22.6 Å². The third-order valence-electron chi connectivity index (χ3n) is 6.60. The molecule has 0 atom stereocenters. The molecule has 41 heavy (non-hydrogen) atoms. The van der Waals surface area contributed by atoms with Gasteiger partial charge in [-0.15, -0.1) is 0 Å². The summed E-state index contributed by atoms with van der Waals surface area (Å²) in [6.07, 6.45) is 0.700. The number of rotatable bonds is 8. The summed E-state index contributed by atoms with van der Waals surface area (Å²) in [5, 5.41) is 27.4. The van der Waals surface area contributed by atoms with Crippen molar-refractivity contribution in [2.45, 2.75) is 34.1 Å². The van der Waals surface area contributed by atoms with Crippen molar-refractivity contribution in [2.75, 3.05) is 14.2 Å². The van der Waals surface area contributed by atoms with Crippen LogP contribution in [0.3, 0.4) is 0 Å². The first-order chi connectivity index (χ1) is 19.8. The Morgan fingerprint density at radius 1 is 0.585 bits per heavy atom. The molecule has 0 fully saturated rings. The van der Waals surface area contributed by atoms with Crippen LogP contribution < -0.4 is 18.9 Å². The molecule has 0 N–H and O–H groups in total. The maximum atomic E-state index is 10.9. The van der Waals surface area contributed by atoms with Gasteiger partial charge in [0.25, 0.3) is 0 Å². The number of benzene rings is 4. The summed E-state index contributed by atoms with van der Waals surface area (Å²) in [5.74, 6) is 3.16. The zero-order chi connectivity index (χ0) is 29.5. The van der Waals surface area contributed by atoms with E-state index in [9.17, 15) is 10.4 Å². The molecule has 8 heteroatoms. The Morgan fingerprint density at radius 3 is 1.24 bits per heavy atom. The lowest BCUT2D eigenvalue weighted by Gasteiger charge is -2.17. The Bertz CT molecular complexity index is 1550. The van der Waals surface area contributed by atoms with Crippen LogP contribution in [0, 0.1) is 50.2 Å². The standard InChI is InChI=1S/C33H30N2O6/c1-20-13-24(14-21(2)32(20)40-30-11-7-9-28(38-5)26(30)18-34-36)17-25-15-22(3)33(23(4)16-25)41-31-12-8-10-29(39-6)27(31)19-35-37/h7-16H,17H2,1-6H3. The molecule has 0 saturated heterocycles. The summed E-state index contributed by atoms with van der Waals surface area (Å²) < 4.78 is 23.1. The number of ether oxygens (including phenoxy) is 4. The van der Waals surface area contributed by atoms with Gasteiger partial charge in [0, 0.05) is 10.0 Å². The quantitative estimate of drug-likeness (QED) is 0.204.